The molecule has 0 radical (unpaired) electrons. The molecule has 0 spiro atoms. The molecule has 0 bridgehead atoms. The van der Waals surface area contributed by atoms with Crippen LogP contribution in [0.2, 0.25) is 0 Å². The molecule has 2 heteroatoms. The van der Waals surface area contributed by atoms with Crippen molar-refractivity contribution in [3.8, 4) is 55.6 Å². The third-order valence-corrected chi connectivity index (χ3v) is 14.7. The summed E-state index contributed by atoms with van der Waals surface area (Å²) in [5, 5.41) is 2.56. The fourth-order valence-electron chi connectivity index (χ4n) is 10.9. The average Bonchev–Trinajstić information content (AvgIpc) is 3.87. The fourth-order valence-corrected chi connectivity index (χ4v) is 11.9. The molecule has 0 amide bonds. The van der Waals surface area contributed by atoms with E-state index in [4.69, 9.17) is 0 Å². The largest absolute Gasteiger partial charge is 0.310 e. The van der Waals surface area contributed by atoms with Crippen LogP contribution in [0.25, 0.3) is 75.8 Å². The molecule has 0 saturated carbocycles. The topological polar surface area (TPSA) is 3.24 Å². The van der Waals surface area contributed by atoms with E-state index < -0.39 is 5.41 Å². The quantitative estimate of drug-likeness (QED) is 0.167. The lowest BCUT2D eigenvalue weighted by Crippen LogP contribution is -2.28. The second-order valence-electron chi connectivity index (χ2n) is 16.7. The summed E-state index contributed by atoms with van der Waals surface area (Å²) >= 11 is 1.86. The number of fused-ring (bicyclic) bond motifs is 14. The summed E-state index contributed by atoms with van der Waals surface area (Å²) < 4.78 is 2.59. The molecule has 63 heavy (non-hydrogen) atoms. The highest BCUT2D eigenvalue weighted by Gasteiger charge is 2.46. The molecule has 2 aliphatic rings. The Morgan fingerprint density at radius 3 is 1.30 bits per heavy atom. The first-order valence-electron chi connectivity index (χ1n) is 21.8. The second-order valence-corrected chi connectivity index (χ2v) is 17.8. The van der Waals surface area contributed by atoms with E-state index in [0.29, 0.717) is 0 Å². The Hall–Kier alpha value is -7.78. The van der Waals surface area contributed by atoms with Crippen molar-refractivity contribution in [3.05, 3.63) is 259 Å². The minimum absolute atomic E-state index is 0.522. The normalized spacial score (nSPS) is 12.9. The first-order valence-corrected chi connectivity index (χ1v) is 22.6. The molecular weight excluding hydrogens is 779 g/mol. The lowest BCUT2D eigenvalue weighted by Gasteiger charge is -2.35. The minimum Gasteiger partial charge on any atom is -0.310 e. The zero-order valence-corrected chi connectivity index (χ0v) is 35.2. The van der Waals surface area contributed by atoms with Crippen LogP contribution in [0.15, 0.2) is 237 Å². The maximum Gasteiger partial charge on any atom is 0.0714 e. The molecule has 0 unspecified atom stereocenters. The molecule has 0 saturated heterocycles. The predicted molar refractivity (Wildman–Crippen MR) is 267 cm³/mol. The number of rotatable bonds is 5. The number of thiophene rings is 1. The molecular formula is C61H39NS. The monoisotopic (exact) mass is 817 g/mol. The summed E-state index contributed by atoms with van der Waals surface area (Å²) in [4.78, 5) is 2.50. The highest BCUT2D eigenvalue weighted by Crippen LogP contribution is 2.58. The molecule has 10 aromatic carbocycles. The zero-order valence-electron chi connectivity index (χ0n) is 34.4. The summed E-state index contributed by atoms with van der Waals surface area (Å²) in [6, 6.07) is 88.2. The van der Waals surface area contributed by atoms with Gasteiger partial charge in [0.1, 0.15) is 0 Å². The van der Waals surface area contributed by atoms with Gasteiger partial charge in [0.2, 0.25) is 0 Å². The molecule has 0 N–H and O–H groups in total. The SMILES string of the molecule is c1ccc(C2(c3ccccc3)c3ccccc3-c3ccc(N(c4ccc5c(c4)-c4ccccc4-c4ccccc4-c4ccccc4-5)c4ccc5sc6ccccc6c5c4)cc32)cc1. The highest BCUT2D eigenvalue weighted by molar-refractivity contribution is 7.25. The molecule has 0 aliphatic heterocycles. The lowest BCUT2D eigenvalue weighted by atomic mass is 9.67. The first-order chi connectivity index (χ1) is 31.3. The minimum atomic E-state index is -0.522. The Bertz CT molecular complexity index is 3540. The molecule has 2 aliphatic carbocycles. The number of nitrogens with zero attached hydrogens (tertiary/aromatic N) is 1. The number of benzene rings is 10. The Morgan fingerprint density at radius 2 is 0.683 bits per heavy atom. The summed E-state index contributed by atoms with van der Waals surface area (Å²) in [6.07, 6.45) is 0. The zero-order chi connectivity index (χ0) is 41.5. The van der Waals surface area contributed by atoms with Crippen LogP contribution in [0.5, 0.6) is 0 Å². The van der Waals surface area contributed by atoms with Crippen LogP contribution < -0.4 is 4.90 Å². The van der Waals surface area contributed by atoms with Gasteiger partial charge in [0, 0.05) is 37.2 Å². The molecule has 13 rings (SSSR count). The van der Waals surface area contributed by atoms with E-state index in [1.165, 1.54) is 98.1 Å². The van der Waals surface area contributed by atoms with Crippen LogP contribution in [-0.4, -0.2) is 0 Å². The van der Waals surface area contributed by atoms with Gasteiger partial charge in [-0.15, -0.1) is 11.3 Å². The number of anilines is 3. The lowest BCUT2D eigenvalue weighted by molar-refractivity contribution is 0.768. The second kappa shape index (κ2) is 14.1. The van der Waals surface area contributed by atoms with E-state index >= 15 is 0 Å². The molecule has 1 nitrogen and oxygen atoms in total. The van der Waals surface area contributed by atoms with Gasteiger partial charge in [-0.2, -0.15) is 0 Å². The van der Waals surface area contributed by atoms with E-state index in [-0.39, 0.29) is 0 Å². The van der Waals surface area contributed by atoms with Crippen LogP contribution in [0.4, 0.5) is 17.1 Å². The van der Waals surface area contributed by atoms with Gasteiger partial charge in [-0.3, -0.25) is 0 Å². The molecule has 0 atom stereocenters. The smallest absolute Gasteiger partial charge is 0.0714 e. The van der Waals surface area contributed by atoms with E-state index in [1.807, 2.05) is 11.3 Å². The summed E-state index contributed by atoms with van der Waals surface area (Å²) in [6.45, 7) is 0. The molecule has 1 heterocycles. The fraction of sp³-hybridized carbons (Fsp3) is 0.0164. The van der Waals surface area contributed by atoms with Crippen molar-refractivity contribution < 1.29 is 0 Å². The van der Waals surface area contributed by atoms with Gasteiger partial charge in [0.15, 0.2) is 0 Å². The van der Waals surface area contributed by atoms with Gasteiger partial charge in [-0.05, 0) is 126 Å². The maximum absolute atomic E-state index is 2.50. The van der Waals surface area contributed by atoms with E-state index in [2.05, 4.69) is 241 Å². The summed E-state index contributed by atoms with van der Waals surface area (Å²) in [7, 11) is 0. The van der Waals surface area contributed by atoms with Crippen LogP contribution in [-0.2, 0) is 5.41 Å². The number of hydrogen-bond acceptors (Lipinski definition) is 2. The van der Waals surface area contributed by atoms with Crippen LogP contribution in [0.3, 0.4) is 0 Å². The third-order valence-electron chi connectivity index (χ3n) is 13.5. The van der Waals surface area contributed by atoms with Crippen LogP contribution in [0.1, 0.15) is 22.3 Å². The van der Waals surface area contributed by atoms with Crippen molar-refractivity contribution in [1.82, 2.24) is 0 Å². The van der Waals surface area contributed by atoms with Gasteiger partial charge in [0.25, 0.3) is 0 Å². The van der Waals surface area contributed by atoms with Crippen molar-refractivity contribution >= 4 is 48.6 Å². The summed E-state index contributed by atoms with van der Waals surface area (Å²) in [5.41, 5.74) is 20.4. The van der Waals surface area contributed by atoms with Crippen molar-refractivity contribution in [2.75, 3.05) is 4.90 Å². The van der Waals surface area contributed by atoms with Crippen LogP contribution >= 0.6 is 11.3 Å². The van der Waals surface area contributed by atoms with Gasteiger partial charge >= 0.3 is 0 Å². The van der Waals surface area contributed by atoms with Crippen molar-refractivity contribution in [3.63, 3.8) is 0 Å². The van der Waals surface area contributed by atoms with E-state index in [1.54, 1.807) is 0 Å². The Kier molecular flexibility index (Phi) is 8.06. The third kappa shape index (κ3) is 5.35. The Morgan fingerprint density at radius 1 is 0.270 bits per heavy atom. The average molecular weight is 818 g/mol. The Labute approximate surface area is 371 Å². The van der Waals surface area contributed by atoms with Crippen molar-refractivity contribution in [2.24, 2.45) is 0 Å². The molecule has 0 fully saturated rings. The van der Waals surface area contributed by atoms with Gasteiger partial charge in [0.05, 0.1) is 5.41 Å². The first kappa shape index (κ1) is 35.9. The Balaban J connectivity index is 1.10. The number of hydrogen-bond donors (Lipinski definition) is 0. The maximum atomic E-state index is 2.50. The standard InChI is InChI=1S/C61H39NS/c1-3-17-40(18-4-1)61(41-19-5-2-6-20-41)57-29-15-13-27-52(57)53-35-32-44(39-58(53)61)62(43-33-36-60-56(38-43)54-28-14-16-30-59(54)63-60)42-31-34-51-49-25-10-9-23-47(49)45-21-7-8-22-46(45)48-24-11-12-26-50(48)55(51)37-42/h1-39H. The van der Waals surface area contributed by atoms with E-state index in [9.17, 15) is 0 Å². The molecule has 1 aromatic heterocycles. The van der Waals surface area contributed by atoms with Gasteiger partial charge in [-0.25, -0.2) is 0 Å². The van der Waals surface area contributed by atoms with E-state index in [0.717, 1.165) is 17.1 Å². The highest BCUT2D eigenvalue weighted by atomic mass is 32.1. The van der Waals surface area contributed by atoms with Crippen LogP contribution in [0, 0.1) is 0 Å². The molecule has 294 valence electrons. The van der Waals surface area contributed by atoms with Crippen molar-refractivity contribution in [2.45, 2.75) is 5.41 Å². The van der Waals surface area contributed by atoms with Gasteiger partial charge < -0.3 is 4.90 Å². The summed E-state index contributed by atoms with van der Waals surface area (Å²) in [5.74, 6) is 0. The van der Waals surface area contributed by atoms with Crippen molar-refractivity contribution in [1.29, 1.82) is 0 Å². The predicted octanol–water partition coefficient (Wildman–Crippen LogP) is 16.9. The van der Waals surface area contributed by atoms with Gasteiger partial charge in [-0.1, -0.05) is 188 Å². The molecule has 11 aromatic rings.